The van der Waals surface area contributed by atoms with Crippen molar-refractivity contribution in [3.8, 4) is 0 Å². The van der Waals surface area contributed by atoms with Crippen molar-refractivity contribution in [2.24, 2.45) is 0 Å². The van der Waals surface area contributed by atoms with Crippen LogP contribution in [0.15, 0.2) is 42.5 Å². The molecule has 0 saturated carbocycles. The Morgan fingerprint density at radius 3 is 2.00 bits per heavy atom. The normalized spacial score (nSPS) is 13.1. The van der Waals surface area contributed by atoms with Crippen LogP contribution in [0.5, 0.6) is 0 Å². The highest BCUT2D eigenvalue weighted by molar-refractivity contribution is 7.80. The average Bonchev–Trinajstić information content (AvgIpc) is 2.77. The van der Waals surface area contributed by atoms with Crippen LogP contribution in [0.4, 0.5) is 10.5 Å². The molecule has 0 aliphatic heterocycles. The van der Waals surface area contributed by atoms with Gasteiger partial charge in [0.1, 0.15) is 17.7 Å². The summed E-state index contributed by atoms with van der Waals surface area (Å²) in [7, 11) is 0. The van der Waals surface area contributed by atoms with Crippen molar-refractivity contribution in [1.29, 1.82) is 0 Å². The summed E-state index contributed by atoms with van der Waals surface area (Å²) in [6.07, 6.45) is -0.717. The number of ether oxygens (including phenoxy) is 1. The number of thiol groups is 1. The first-order valence-electron chi connectivity index (χ1n) is 12.1. The standard InChI is InChI=1S/C28H39N3O4S/c1-17(2)31(26(33)22(16-36)29-27(34)35-28(6,7)8)24(21-14-12-18(3)13-15-21)25(32)30-23-19(4)10-9-11-20(23)5/h9-15,17,22,24,36H,16H2,1-8H3,(H,29,34)(H,30,32). The molecule has 2 aromatic rings. The van der Waals surface area contributed by atoms with Gasteiger partial charge in [0.25, 0.3) is 5.91 Å². The van der Waals surface area contributed by atoms with Crippen LogP contribution in [0.25, 0.3) is 0 Å². The van der Waals surface area contributed by atoms with Crippen LogP contribution in [0, 0.1) is 20.8 Å². The number of hydrogen-bond donors (Lipinski definition) is 3. The smallest absolute Gasteiger partial charge is 0.408 e. The van der Waals surface area contributed by atoms with Gasteiger partial charge in [-0.25, -0.2) is 4.79 Å². The molecule has 2 atom stereocenters. The Morgan fingerprint density at radius 1 is 0.972 bits per heavy atom. The van der Waals surface area contributed by atoms with Crippen molar-refractivity contribution in [2.75, 3.05) is 11.1 Å². The number of benzene rings is 2. The van der Waals surface area contributed by atoms with Gasteiger partial charge >= 0.3 is 6.09 Å². The second-order valence-corrected chi connectivity index (χ2v) is 10.7. The van der Waals surface area contributed by atoms with Crippen molar-refractivity contribution < 1.29 is 19.1 Å². The van der Waals surface area contributed by atoms with E-state index in [9.17, 15) is 14.4 Å². The second-order valence-electron chi connectivity index (χ2n) is 10.3. The van der Waals surface area contributed by atoms with Crippen LogP contribution in [0.3, 0.4) is 0 Å². The van der Waals surface area contributed by atoms with Crippen molar-refractivity contribution >= 4 is 36.2 Å². The lowest BCUT2D eigenvalue weighted by Crippen LogP contribution is -2.55. The van der Waals surface area contributed by atoms with Crippen LogP contribution in [-0.4, -0.2) is 46.2 Å². The van der Waals surface area contributed by atoms with Crippen LogP contribution in [-0.2, 0) is 14.3 Å². The van der Waals surface area contributed by atoms with Crippen LogP contribution < -0.4 is 10.6 Å². The van der Waals surface area contributed by atoms with E-state index in [2.05, 4.69) is 23.3 Å². The number of nitrogens with one attached hydrogen (secondary N) is 2. The molecule has 2 aromatic carbocycles. The number of anilines is 1. The molecular weight excluding hydrogens is 474 g/mol. The maximum absolute atomic E-state index is 13.8. The van der Waals surface area contributed by atoms with Gasteiger partial charge < -0.3 is 20.3 Å². The first-order chi connectivity index (χ1) is 16.7. The minimum absolute atomic E-state index is 0.0421. The minimum atomic E-state index is -0.980. The van der Waals surface area contributed by atoms with Gasteiger partial charge in [-0.15, -0.1) is 0 Å². The number of amides is 3. The molecule has 2 rings (SSSR count). The fourth-order valence-electron chi connectivity index (χ4n) is 3.89. The van der Waals surface area contributed by atoms with E-state index < -0.39 is 29.7 Å². The molecule has 36 heavy (non-hydrogen) atoms. The number of para-hydroxylation sites is 1. The molecule has 2 unspecified atom stereocenters. The molecule has 0 fully saturated rings. The SMILES string of the molecule is Cc1ccc(C(C(=O)Nc2c(C)cccc2C)N(C(=O)C(CS)NC(=O)OC(C)(C)C)C(C)C)cc1. The monoisotopic (exact) mass is 513 g/mol. The summed E-state index contributed by atoms with van der Waals surface area (Å²) < 4.78 is 5.34. The maximum Gasteiger partial charge on any atom is 0.408 e. The second kappa shape index (κ2) is 12.3. The highest BCUT2D eigenvalue weighted by atomic mass is 32.1. The van der Waals surface area contributed by atoms with Crippen LogP contribution >= 0.6 is 12.6 Å². The van der Waals surface area contributed by atoms with E-state index in [0.717, 1.165) is 16.7 Å². The number of rotatable bonds is 8. The summed E-state index contributed by atoms with van der Waals surface area (Å²) in [4.78, 5) is 41.6. The maximum atomic E-state index is 13.8. The summed E-state index contributed by atoms with van der Waals surface area (Å²) in [5.41, 5.74) is 3.55. The van der Waals surface area contributed by atoms with Gasteiger partial charge in [-0.05, 0) is 72.1 Å². The molecule has 3 amide bonds. The van der Waals surface area contributed by atoms with E-state index in [1.54, 1.807) is 20.8 Å². The molecule has 0 aromatic heterocycles. The Bertz CT molecular complexity index is 1060. The molecule has 0 aliphatic rings. The summed E-state index contributed by atoms with van der Waals surface area (Å²) in [5, 5.41) is 5.67. The number of carbonyl (C=O) groups excluding carboxylic acids is 3. The topological polar surface area (TPSA) is 87.7 Å². The zero-order valence-corrected chi connectivity index (χ0v) is 23.4. The molecule has 7 nitrogen and oxygen atoms in total. The lowest BCUT2D eigenvalue weighted by atomic mass is 9.99. The summed E-state index contributed by atoms with van der Waals surface area (Å²) in [6.45, 7) is 14.7. The van der Waals surface area contributed by atoms with Crippen molar-refractivity contribution in [3.63, 3.8) is 0 Å². The quantitative estimate of drug-likeness (QED) is 0.415. The average molecular weight is 514 g/mol. The number of nitrogens with zero attached hydrogens (tertiary/aromatic N) is 1. The van der Waals surface area contributed by atoms with Gasteiger partial charge in [0.2, 0.25) is 5.91 Å². The third-order valence-electron chi connectivity index (χ3n) is 5.63. The van der Waals surface area contributed by atoms with Gasteiger partial charge in [-0.2, -0.15) is 12.6 Å². The van der Waals surface area contributed by atoms with E-state index in [1.165, 1.54) is 4.90 Å². The molecule has 196 valence electrons. The minimum Gasteiger partial charge on any atom is -0.444 e. The number of hydrogen-bond acceptors (Lipinski definition) is 5. The van der Waals surface area contributed by atoms with Crippen LogP contribution in [0.2, 0.25) is 0 Å². The highest BCUT2D eigenvalue weighted by Gasteiger charge is 2.37. The molecule has 2 N–H and O–H groups in total. The van der Waals surface area contributed by atoms with Crippen molar-refractivity contribution in [3.05, 3.63) is 64.7 Å². The molecule has 0 heterocycles. The Balaban J connectivity index is 2.49. The molecule has 8 heteroatoms. The molecular formula is C28H39N3O4S. The van der Waals surface area contributed by atoms with Gasteiger partial charge in [0.05, 0.1) is 0 Å². The largest absolute Gasteiger partial charge is 0.444 e. The van der Waals surface area contributed by atoms with Crippen LogP contribution in [0.1, 0.15) is 62.9 Å². The first kappa shape index (κ1) is 29.2. The van der Waals surface area contributed by atoms with Gasteiger partial charge in [0, 0.05) is 17.5 Å². The molecule has 0 spiro atoms. The Morgan fingerprint density at radius 2 is 1.53 bits per heavy atom. The van der Waals surface area contributed by atoms with Crippen molar-refractivity contribution in [2.45, 2.75) is 79.1 Å². The molecule has 0 saturated heterocycles. The molecule has 0 bridgehead atoms. The fourth-order valence-corrected chi connectivity index (χ4v) is 4.13. The molecule has 0 radical (unpaired) electrons. The van der Waals surface area contributed by atoms with E-state index in [-0.39, 0.29) is 17.7 Å². The predicted octanol–water partition coefficient (Wildman–Crippen LogP) is 5.35. The number of aryl methyl sites for hydroxylation is 3. The third kappa shape index (κ3) is 7.75. The number of alkyl carbamates (subject to hydrolysis) is 1. The molecule has 0 aliphatic carbocycles. The third-order valence-corrected chi connectivity index (χ3v) is 6.00. The Kier molecular flexibility index (Phi) is 9.99. The lowest BCUT2D eigenvalue weighted by molar-refractivity contribution is -0.142. The lowest BCUT2D eigenvalue weighted by Gasteiger charge is -2.37. The predicted molar refractivity (Wildman–Crippen MR) is 147 cm³/mol. The highest BCUT2D eigenvalue weighted by Crippen LogP contribution is 2.28. The van der Waals surface area contributed by atoms with E-state index in [1.807, 2.05) is 77.1 Å². The first-order valence-corrected chi connectivity index (χ1v) is 12.7. The van der Waals surface area contributed by atoms with E-state index in [4.69, 9.17) is 4.74 Å². The van der Waals surface area contributed by atoms with Gasteiger partial charge in [-0.3, -0.25) is 9.59 Å². The van der Waals surface area contributed by atoms with Gasteiger partial charge in [0.15, 0.2) is 0 Å². The Labute approximate surface area is 220 Å². The van der Waals surface area contributed by atoms with Gasteiger partial charge in [-0.1, -0.05) is 48.0 Å². The van der Waals surface area contributed by atoms with Crippen molar-refractivity contribution in [1.82, 2.24) is 10.2 Å². The summed E-state index contributed by atoms with van der Waals surface area (Å²) in [5.74, 6) is -0.720. The zero-order valence-electron chi connectivity index (χ0n) is 22.5. The van der Waals surface area contributed by atoms with E-state index >= 15 is 0 Å². The Hall–Kier alpha value is -3.00. The summed E-state index contributed by atoms with van der Waals surface area (Å²) in [6, 6.07) is 11.0. The zero-order chi connectivity index (χ0) is 27.2. The summed E-state index contributed by atoms with van der Waals surface area (Å²) >= 11 is 4.31. The van der Waals surface area contributed by atoms with E-state index in [0.29, 0.717) is 11.3 Å². The number of carbonyl (C=O) groups is 3. The fraction of sp³-hybridized carbons (Fsp3) is 0.464.